The van der Waals surface area contributed by atoms with E-state index in [0.717, 1.165) is 10.0 Å². The van der Waals surface area contributed by atoms with Gasteiger partial charge in [-0.1, -0.05) is 27.5 Å². The molecule has 0 bridgehead atoms. The van der Waals surface area contributed by atoms with Crippen molar-refractivity contribution in [3.8, 4) is 0 Å². The van der Waals surface area contributed by atoms with Crippen LogP contribution in [0.15, 0.2) is 22.7 Å². The van der Waals surface area contributed by atoms with E-state index in [4.69, 9.17) is 16.7 Å². The Kier molecular flexibility index (Phi) is 7.40. The molecule has 0 saturated carbocycles. The van der Waals surface area contributed by atoms with Gasteiger partial charge in [0.2, 0.25) is 0 Å². The molecule has 5 nitrogen and oxygen atoms in total. The lowest BCUT2D eigenvalue weighted by Gasteiger charge is -2.08. The minimum absolute atomic E-state index is 0.0513. The van der Waals surface area contributed by atoms with Crippen molar-refractivity contribution in [2.24, 2.45) is 0 Å². The van der Waals surface area contributed by atoms with E-state index < -0.39 is 5.97 Å². The Morgan fingerprint density at radius 2 is 1.95 bits per heavy atom. The highest BCUT2D eigenvalue weighted by atomic mass is 79.9. The number of carbonyl (C=O) groups is 2. The lowest BCUT2D eigenvalue weighted by atomic mass is 10.1. The first-order valence-corrected chi connectivity index (χ1v) is 7.33. The Morgan fingerprint density at radius 3 is 2.65 bits per heavy atom. The number of carbonyl (C=O) groups excluding carboxylic acids is 1. The third-order valence-corrected chi connectivity index (χ3v) is 3.55. The Hall–Kier alpha value is -1.27. The number of halogens is 2. The maximum absolute atomic E-state index is 11.4. The van der Waals surface area contributed by atoms with E-state index in [1.807, 2.05) is 12.1 Å². The normalized spacial score (nSPS) is 10.1. The number of nitrogens with one attached hydrogen (secondary N) is 2. The predicted octanol–water partition coefficient (Wildman–Crippen LogP) is 2.81. The van der Waals surface area contributed by atoms with Gasteiger partial charge in [0.25, 0.3) is 0 Å². The van der Waals surface area contributed by atoms with Gasteiger partial charge < -0.3 is 15.7 Å². The fourth-order valence-corrected chi connectivity index (χ4v) is 2.19. The number of carboxylic acids is 1. The molecule has 2 amide bonds. The van der Waals surface area contributed by atoms with Crippen LogP contribution < -0.4 is 10.6 Å². The number of urea groups is 1. The third kappa shape index (κ3) is 6.77. The Labute approximate surface area is 130 Å². The molecule has 0 aliphatic rings. The molecule has 0 atom stereocenters. The fraction of sp³-hybridized carbons (Fsp3) is 0.385. The molecule has 0 heterocycles. The lowest BCUT2D eigenvalue weighted by Crippen LogP contribution is -2.37. The summed E-state index contributed by atoms with van der Waals surface area (Å²) in [5.74, 6) is -0.863. The maximum Gasteiger partial charge on any atom is 0.314 e. The first-order chi connectivity index (χ1) is 9.49. The van der Waals surface area contributed by atoms with Gasteiger partial charge in [0, 0.05) is 29.0 Å². The summed E-state index contributed by atoms with van der Waals surface area (Å²) in [5.41, 5.74) is 1.02. The summed E-state index contributed by atoms with van der Waals surface area (Å²) in [7, 11) is 0. The van der Waals surface area contributed by atoms with E-state index in [0.29, 0.717) is 31.0 Å². The summed E-state index contributed by atoms with van der Waals surface area (Å²) in [6.45, 7) is 0.822. The number of hydrogen-bond acceptors (Lipinski definition) is 2. The van der Waals surface area contributed by atoms with Crippen LogP contribution in [0, 0.1) is 0 Å². The van der Waals surface area contributed by atoms with E-state index in [-0.39, 0.29) is 12.5 Å². The minimum Gasteiger partial charge on any atom is -0.481 e. The van der Waals surface area contributed by atoms with Gasteiger partial charge >= 0.3 is 12.0 Å². The summed E-state index contributed by atoms with van der Waals surface area (Å²) in [6, 6.07) is 5.20. The molecule has 7 heteroatoms. The molecule has 0 saturated heterocycles. The number of hydrogen-bond donors (Lipinski definition) is 3. The standard InChI is InChI=1S/C13H16BrClN2O3/c14-11-4-3-10(15)8-9(11)5-7-17-13(20)16-6-1-2-12(18)19/h3-4,8H,1-2,5-7H2,(H,18,19)(H2,16,17,20). The van der Waals surface area contributed by atoms with Crippen molar-refractivity contribution in [3.63, 3.8) is 0 Å². The molecule has 0 aliphatic heterocycles. The van der Waals surface area contributed by atoms with Gasteiger partial charge in [-0.25, -0.2) is 4.79 Å². The van der Waals surface area contributed by atoms with E-state index in [9.17, 15) is 9.59 Å². The molecule has 0 aliphatic carbocycles. The number of amides is 2. The van der Waals surface area contributed by atoms with Gasteiger partial charge in [0.15, 0.2) is 0 Å². The number of carboxylic acid groups (broad SMARTS) is 1. The molecule has 110 valence electrons. The van der Waals surface area contributed by atoms with Gasteiger partial charge in [-0.05, 0) is 36.6 Å². The Balaban J connectivity index is 2.21. The summed E-state index contributed by atoms with van der Waals surface area (Å²) >= 11 is 9.32. The van der Waals surface area contributed by atoms with Crippen LogP contribution in [0.25, 0.3) is 0 Å². The van der Waals surface area contributed by atoms with Gasteiger partial charge in [0.1, 0.15) is 0 Å². The van der Waals surface area contributed by atoms with Crippen LogP contribution >= 0.6 is 27.5 Å². The lowest BCUT2D eigenvalue weighted by molar-refractivity contribution is -0.137. The SMILES string of the molecule is O=C(O)CCCNC(=O)NCCc1cc(Cl)ccc1Br. The summed E-state index contributed by atoms with van der Waals surface area (Å²) in [4.78, 5) is 21.7. The minimum atomic E-state index is -0.863. The monoisotopic (exact) mass is 362 g/mol. The van der Waals surface area contributed by atoms with E-state index >= 15 is 0 Å². The zero-order valence-electron chi connectivity index (χ0n) is 10.8. The number of aliphatic carboxylic acids is 1. The first kappa shape index (κ1) is 16.8. The first-order valence-electron chi connectivity index (χ1n) is 6.16. The molecule has 1 aromatic carbocycles. The molecule has 0 unspecified atom stereocenters. The highest BCUT2D eigenvalue weighted by Crippen LogP contribution is 2.21. The van der Waals surface area contributed by atoms with Crippen molar-refractivity contribution >= 4 is 39.5 Å². The zero-order chi connectivity index (χ0) is 15.0. The second kappa shape index (κ2) is 8.81. The van der Waals surface area contributed by atoms with Crippen molar-refractivity contribution < 1.29 is 14.7 Å². The smallest absolute Gasteiger partial charge is 0.314 e. The second-order valence-corrected chi connectivity index (χ2v) is 5.46. The number of benzene rings is 1. The molecule has 0 spiro atoms. The third-order valence-electron chi connectivity index (χ3n) is 2.54. The second-order valence-electron chi connectivity index (χ2n) is 4.17. The van der Waals surface area contributed by atoms with Gasteiger partial charge in [-0.15, -0.1) is 0 Å². The van der Waals surface area contributed by atoms with E-state index in [1.54, 1.807) is 6.07 Å². The van der Waals surface area contributed by atoms with Crippen molar-refractivity contribution in [2.75, 3.05) is 13.1 Å². The Morgan fingerprint density at radius 1 is 1.25 bits per heavy atom. The summed E-state index contributed by atoms with van der Waals surface area (Å²) < 4.78 is 0.950. The van der Waals surface area contributed by atoms with Crippen molar-refractivity contribution in [1.29, 1.82) is 0 Å². The molecular formula is C13H16BrClN2O3. The summed E-state index contributed by atoms with van der Waals surface area (Å²) in [5, 5.41) is 14.4. The molecule has 20 heavy (non-hydrogen) atoms. The zero-order valence-corrected chi connectivity index (χ0v) is 13.1. The van der Waals surface area contributed by atoms with Crippen LogP contribution in [-0.4, -0.2) is 30.2 Å². The largest absolute Gasteiger partial charge is 0.481 e. The predicted molar refractivity (Wildman–Crippen MR) is 81.1 cm³/mol. The van der Waals surface area contributed by atoms with Gasteiger partial charge in [-0.2, -0.15) is 0 Å². The fourth-order valence-electron chi connectivity index (χ4n) is 1.55. The van der Waals surface area contributed by atoms with Crippen molar-refractivity contribution in [3.05, 3.63) is 33.3 Å². The van der Waals surface area contributed by atoms with Crippen LogP contribution in [0.2, 0.25) is 5.02 Å². The quantitative estimate of drug-likeness (QED) is 0.652. The van der Waals surface area contributed by atoms with Crippen LogP contribution in [0.3, 0.4) is 0 Å². The van der Waals surface area contributed by atoms with Crippen LogP contribution in [0.1, 0.15) is 18.4 Å². The highest BCUT2D eigenvalue weighted by molar-refractivity contribution is 9.10. The molecule has 0 aromatic heterocycles. The average molecular weight is 364 g/mol. The van der Waals surface area contributed by atoms with Gasteiger partial charge in [0.05, 0.1) is 0 Å². The molecular weight excluding hydrogens is 348 g/mol. The maximum atomic E-state index is 11.4. The molecule has 3 N–H and O–H groups in total. The summed E-state index contributed by atoms with van der Waals surface area (Å²) in [6.07, 6.45) is 1.13. The van der Waals surface area contributed by atoms with Crippen molar-refractivity contribution in [1.82, 2.24) is 10.6 Å². The molecule has 1 rings (SSSR count). The Bertz CT molecular complexity index is 483. The van der Waals surface area contributed by atoms with Crippen molar-refractivity contribution in [2.45, 2.75) is 19.3 Å². The number of rotatable bonds is 7. The topological polar surface area (TPSA) is 78.4 Å². The van der Waals surface area contributed by atoms with E-state index in [2.05, 4.69) is 26.6 Å². The molecule has 0 fully saturated rings. The van der Waals surface area contributed by atoms with E-state index in [1.165, 1.54) is 0 Å². The molecule has 0 radical (unpaired) electrons. The highest BCUT2D eigenvalue weighted by Gasteiger charge is 2.03. The van der Waals surface area contributed by atoms with Crippen LogP contribution in [-0.2, 0) is 11.2 Å². The average Bonchev–Trinajstić information content (AvgIpc) is 2.38. The van der Waals surface area contributed by atoms with Gasteiger partial charge in [-0.3, -0.25) is 4.79 Å². The molecule has 1 aromatic rings. The van der Waals surface area contributed by atoms with Crippen LogP contribution in [0.4, 0.5) is 4.79 Å². The van der Waals surface area contributed by atoms with Crippen LogP contribution in [0.5, 0.6) is 0 Å².